The first kappa shape index (κ1) is 23.3. The van der Waals surface area contributed by atoms with Crippen LogP contribution in [0.3, 0.4) is 0 Å². The van der Waals surface area contributed by atoms with Gasteiger partial charge < -0.3 is 15.0 Å². The molecule has 4 aromatic rings. The van der Waals surface area contributed by atoms with E-state index in [1.165, 1.54) is 12.5 Å². The Hall–Kier alpha value is -4.09. The van der Waals surface area contributed by atoms with Gasteiger partial charge in [0.1, 0.15) is 0 Å². The number of ether oxygens (including phenoxy) is 1. The third kappa shape index (κ3) is 4.83. The Labute approximate surface area is 218 Å². The molecule has 2 aliphatic heterocycles. The number of benzene rings is 4. The van der Waals surface area contributed by atoms with Gasteiger partial charge in [-0.05, 0) is 54.3 Å². The molecule has 0 atom stereocenters. The molecule has 1 saturated heterocycles. The summed E-state index contributed by atoms with van der Waals surface area (Å²) in [5.74, 6) is 1.65. The largest absolute Gasteiger partial charge is 0.453 e. The molecule has 1 fully saturated rings. The minimum atomic E-state index is -0.0830. The zero-order chi connectivity index (χ0) is 25.2. The van der Waals surface area contributed by atoms with Crippen LogP contribution in [0, 0.1) is 0 Å². The normalized spacial score (nSPS) is 15.4. The van der Waals surface area contributed by atoms with E-state index in [1.54, 1.807) is 0 Å². The first-order chi connectivity index (χ1) is 18.2. The highest BCUT2D eigenvalue weighted by atomic mass is 16.5. The molecule has 1 amide bonds. The predicted octanol–water partition coefficient (Wildman–Crippen LogP) is 7.22. The topological polar surface area (TPSA) is 44.8 Å². The van der Waals surface area contributed by atoms with Gasteiger partial charge in [0.2, 0.25) is 5.91 Å². The molecule has 2 heterocycles. The van der Waals surface area contributed by atoms with E-state index in [1.807, 2.05) is 36.4 Å². The van der Waals surface area contributed by atoms with E-state index in [2.05, 4.69) is 75.8 Å². The second-order valence-electron chi connectivity index (χ2n) is 9.84. The maximum Gasteiger partial charge on any atom is 0.221 e. The highest BCUT2D eigenvalue weighted by Gasteiger charge is 2.32. The van der Waals surface area contributed by atoms with Crippen molar-refractivity contribution in [1.29, 1.82) is 0 Å². The third-order valence-corrected chi connectivity index (χ3v) is 7.28. The van der Waals surface area contributed by atoms with E-state index in [4.69, 9.17) is 4.74 Å². The third-order valence-electron chi connectivity index (χ3n) is 7.28. The number of fused-ring (bicyclic) bond motifs is 2. The zero-order valence-corrected chi connectivity index (χ0v) is 21.1. The second-order valence-corrected chi connectivity index (χ2v) is 9.84. The summed E-state index contributed by atoms with van der Waals surface area (Å²) < 4.78 is 6.44. The van der Waals surface area contributed by atoms with Crippen molar-refractivity contribution in [3.63, 3.8) is 0 Å². The fourth-order valence-corrected chi connectivity index (χ4v) is 5.56. The lowest BCUT2D eigenvalue weighted by Gasteiger charge is -2.42. The average molecular weight is 490 g/mol. The molecule has 6 rings (SSSR count). The molecule has 0 unspecified atom stereocenters. The summed E-state index contributed by atoms with van der Waals surface area (Å²) in [6.07, 6.45) is 2.18. The summed E-state index contributed by atoms with van der Waals surface area (Å²) in [7, 11) is 0. The van der Waals surface area contributed by atoms with Crippen LogP contribution in [0.5, 0.6) is 11.5 Å². The van der Waals surface area contributed by atoms with Crippen molar-refractivity contribution in [2.24, 2.45) is 0 Å². The van der Waals surface area contributed by atoms with Gasteiger partial charge >= 0.3 is 0 Å². The van der Waals surface area contributed by atoms with Crippen molar-refractivity contribution in [3.05, 3.63) is 103 Å². The Morgan fingerprint density at radius 3 is 2.35 bits per heavy atom. The molecular formula is C32H31N3O2. The number of amides is 1. The number of nitrogens with one attached hydrogen (secondary N) is 1. The van der Waals surface area contributed by atoms with Gasteiger partial charge in [-0.3, -0.25) is 9.69 Å². The van der Waals surface area contributed by atoms with Gasteiger partial charge in [-0.2, -0.15) is 0 Å². The van der Waals surface area contributed by atoms with Gasteiger partial charge in [0.15, 0.2) is 11.5 Å². The highest BCUT2D eigenvalue weighted by Crippen LogP contribution is 2.50. The number of para-hydroxylation sites is 3. The molecule has 2 aliphatic rings. The Balaban J connectivity index is 1.29. The summed E-state index contributed by atoms with van der Waals surface area (Å²) in [4.78, 5) is 16.8. The van der Waals surface area contributed by atoms with E-state index in [9.17, 15) is 4.79 Å². The molecule has 5 heteroatoms. The first-order valence-electron chi connectivity index (χ1n) is 13.0. The minimum absolute atomic E-state index is 0.0830. The molecule has 0 aromatic heterocycles. The van der Waals surface area contributed by atoms with E-state index in [0.717, 1.165) is 72.2 Å². The van der Waals surface area contributed by atoms with Gasteiger partial charge in [-0.25, -0.2) is 0 Å². The molecule has 0 bridgehead atoms. The number of hydrogen-bond acceptors (Lipinski definition) is 4. The van der Waals surface area contributed by atoms with Gasteiger partial charge in [0.05, 0.1) is 11.4 Å². The van der Waals surface area contributed by atoms with E-state index >= 15 is 0 Å². The Morgan fingerprint density at radius 2 is 1.54 bits per heavy atom. The molecule has 0 saturated carbocycles. The number of carbonyl (C=O) groups is 1. The fourth-order valence-electron chi connectivity index (χ4n) is 5.56. The van der Waals surface area contributed by atoms with Gasteiger partial charge in [0.25, 0.3) is 0 Å². The molecule has 5 nitrogen and oxygen atoms in total. The highest BCUT2D eigenvalue weighted by molar-refractivity contribution is 5.94. The minimum Gasteiger partial charge on any atom is -0.453 e. The number of carbonyl (C=O) groups excluding carboxylic acids is 1. The van der Waals surface area contributed by atoms with Crippen molar-refractivity contribution in [2.75, 3.05) is 23.3 Å². The van der Waals surface area contributed by atoms with Crippen LogP contribution in [-0.2, 0) is 11.3 Å². The lowest BCUT2D eigenvalue weighted by Crippen LogP contribution is -2.43. The molecule has 0 aliphatic carbocycles. The molecular weight excluding hydrogens is 458 g/mol. The molecule has 1 N–H and O–H groups in total. The van der Waals surface area contributed by atoms with Crippen LogP contribution in [-0.4, -0.2) is 29.9 Å². The Bertz CT molecular complexity index is 1410. The number of likely N-dealkylation sites (tertiary alicyclic amines) is 1. The summed E-state index contributed by atoms with van der Waals surface area (Å²) in [5.41, 5.74) is 6.39. The van der Waals surface area contributed by atoms with Crippen LogP contribution < -0.4 is 15.0 Å². The zero-order valence-electron chi connectivity index (χ0n) is 21.1. The summed E-state index contributed by atoms with van der Waals surface area (Å²) in [5, 5.41) is 2.95. The smallest absolute Gasteiger partial charge is 0.221 e. The fraction of sp³-hybridized carbons (Fsp3) is 0.219. The molecule has 186 valence electrons. The van der Waals surface area contributed by atoms with Crippen LogP contribution in [0.15, 0.2) is 97.1 Å². The van der Waals surface area contributed by atoms with Crippen LogP contribution >= 0.6 is 0 Å². The summed E-state index contributed by atoms with van der Waals surface area (Å²) in [6.45, 7) is 4.67. The SMILES string of the molecule is CC(=O)Nc1ccccc1-c1ccc2c(c1)Oc1ccccc1N2C1CCN(Cc2ccccc2)CC1. The maximum absolute atomic E-state index is 11.8. The molecule has 4 aromatic carbocycles. The summed E-state index contributed by atoms with van der Waals surface area (Å²) in [6, 6.07) is 33.7. The van der Waals surface area contributed by atoms with Crippen molar-refractivity contribution in [2.45, 2.75) is 32.4 Å². The first-order valence-corrected chi connectivity index (χ1v) is 13.0. The predicted molar refractivity (Wildman–Crippen MR) is 150 cm³/mol. The quantitative estimate of drug-likeness (QED) is 0.321. The van der Waals surface area contributed by atoms with E-state index in [0.29, 0.717) is 6.04 Å². The number of hydrogen-bond donors (Lipinski definition) is 1. The lowest BCUT2D eigenvalue weighted by atomic mass is 9.97. The van der Waals surface area contributed by atoms with Crippen molar-refractivity contribution in [3.8, 4) is 22.6 Å². The Morgan fingerprint density at radius 1 is 0.838 bits per heavy atom. The maximum atomic E-state index is 11.8. The summed E-state index contributed by atoms with van der Waals surface area (Å²) >= 11 is 0. The number of rotatable bonds is 5. The van der Waals surface area contributed by atoms with Crippen molar-refractivity contribution >= 4 is 23.0 Å². The van der Waals surface area contributed by atoms with Gasteiger partial charge in [0, 0.05) is 43.9 Å². The van der Waals surface area contributed by atoms with Crippen molar-refractivity contribution in [1.82, 2.24) is 4.90 Å². The standard InChI is InChI=1S/C32H31N3O2/c1-23(36)33-28-12-6-5-11-27(28)25-15-16-30-32(21-25)37-31-14-8-7-13-29(31)35(30)26-17-19-34(20-18-26)22-24-9-3-2-4-10-24/h2-16,21,26H,17-20,22H2,1H3,(H,33,36). The van der Waals surface area contributed by atoms with E-state index in [-0.39, 0.29) is 5.91 Å². The van der Waals surface area contributed by atoms with Gasteiger partial charge in [-0.1, -0.05) is 66.7 Å². The number of piperidine rings is 1. The molecule has 37 heavy (non-hydrogen) atoms. The monoisotopic (exact) mass is 489 g/mol. The van der Waals surface area contributed by atoms with Crippen LogP contribution in [0.25, 0.3) is 11.1 Å². The number of nitrogens with zero attached hydrogens (tertiary/aromatic N) is 2. The molecule has 0 radical (unpaired) electrons. The van der Waals surface area contributed by atoms with Gasteiger partial charge in [-0.15, -0.1) is 0 Å². The number of anilines is 3. The molecule has 0 spiro atoms. The average Bonchev–Trinajstić information content (AvgIpc) is 2.92. The van der Waals surface area contributed by atoms with Crippen LogP contribution in [0.1, 0.15) is 25.3 Å². The second kappa shape index (κ2) is 10.1. The van der Waals surface area contributed by atoms with Crippen LogP contribution in [0.4, 0.5) is 17.1 Å². The van der Waals surface area contributed by atoms with Crippen molar-refractivity contribution < 1.29 is 9.53 Å². The van der Waals surface area contributed by atoms with Crippen LogP contribution in [0.2, 0.25) is 0 Å². The van der Waals surface area contributed by atoms with E-state index < -0.39 is 0 Å². The lowest BCUT2D eigenvalue weighted by molar-refractivity contribution is -0.114. The Kier molecular flexibility index (Phi) is 6.37.